The maximum Gasteiger partial charge on any atom is 0.142 e. The van der Waals surface area contributed by atoms with Crippen molar-refractivity contribution in [1.29, 1.82) is 0 Å². The minimum Gasteiger partial charge on any atom is -0.271 e. The largest absolute Gasteiger partial charge is 0.271 e. The lowest BCUT2D eigenvalue weighted by Crippen LogP contribution is -2.40. The molecule has 1 atom stereocenters. The first-order valence-corrected chi connectivity index (χ1v) is 7.00. The molecule has 3 N–H and O–H groups in total. The molecule has 4 heteroatoms. The molecule has 1 aliphatic carbocycles. The van der Waals surface area contributed by atoms with Gasteiger partial charge < -0.3 is 0 Å². The molecule has 0 aromatic heterocycles. The molecule has 0 spiro atoms. The fourth-order valence-corrected chi connectivity index (χ4v) is 3.67. The number of halogens is 2. The Balaban J connectivity index is 2.20. The second kappa shape index (κ2) is 4.72. The molecule has 2 rings (SSSR count). The maximum absolute atomic E-state index is 13.5. The first-order chi connectivity index (χ1) is 8.73. The van der Waals surface area contributed by atoms with Gasteiger partial charge in [-0.1, -0.05) is 51.4 Å². The minimum atomic E-state index is -0.371. The van der Waals surface area contributed by atoms with Crippen LogP contribution in [0.15, 0.2) is 18.2 Å². The quantitative estimate of drug-likeness (QED) is 0.656. The molecule has 0 aliphatic heterocycles. The molecular formula is C15H22ClFN2. The maximum atomic E-state index is 13.5. The van der Waals surface area contributed by atoms with E-state index in [1.165, 1.54) is 6.07 Å². The summed E-state index contributed by atoms with van der Waals surface area (Å²) < 4.78 is 13.5. The standard InChI is InChI=1S/C15H22ClFN2/c1-14(2)13(15(14,3)4)11(19-18)8-9-6-5-7-10(17)12(9)16/h5-7,11,13,19H,8,18H2,1-4H3. The fraction of sp³-hybridized carbons (Fsp3) is 0.600. The van der Waals surface area contributed by atoms with Crippen molar-refractivity contribution in [2.45, 2.75) is 40.2 Å². The highest BCUT2D eigenvalue weighted by molar-refractivity contribution is 6.31. The molecule has 0 radical (unpaired) electrons. The second-order valence-corrected chi connectivity index (χ2v) is 6.99. The number of nitrogens with two attached hydrogens (primary N) is 1. The van der Waals surface area contributed by atoms with Gasteiger partial charge in [0.2, 0.25) is 0 Å². The van der Waals surface area contributed by atoms with Crippen molar-refractivity contribution in [1.82, 2.24) is 5.43 Å². The topological polar surface area (TPSA) is 38.0 Å². The normalized spacial score (nSPS) is 22.3. The van der Waals surface area contributed by atoms with E-state index in [0.717, 1.165) is 5.56 Å². The van der Waals surface area contributed by atoms with E-state index in [1.54, 1.807) is 6.07 Å². The van der Waals surface area contributed by atoms with Gasteiger partial charge in [0.15, 0.2) is 0 Å². The molecule has 0 saturated heterocycles. The van der Waals surface area contributed by atoms with Crippen molar-refractivity contribution < 1.29 is 4.39 Å². The molecular weight excluding hydrogens is 263 g/mol. The molecule has 1 unspecified atom stereocenters. The monoisotopic (exact) mass is 284 g/mol. The van der Waals surface area contributed by atoms with Crippen molar-refractivity contribution in [2.75, 3.05) is 0 Å². The lowest BCUT2D eigenvalue weighted by Gasteiger charge is -2.19. The van der Waals surface area contributed by atoms with E-state index in [-0.39, 0.29) is 27.7 Å². The number of benzene rings is 1. The van der Waals surface area contributed by atoms with E-state index in [9.17, 15) is 4.39 Å². The summed E-state index contributed by atoms with van der Waals surface area (Å²) in [5.41, 5.74) is 4.15. The third kappa shape index (κ3) is 2.28. The first-order valence-electron chi connectivity index (χ1n) is 6.62. The highest BCUT2D eigenvalue weighted by Crippen LogP contribution is 2.69. The van der Waals surface area contributed by atoms with Crippen LogP contribution in [0, 0.1) is 22.6 Å². The second-order valence-electron chi connectivity index (χ2n) is 6.61. The van der Waals surface area contributed by atoms with Gasteiger partial charge in [-0.3, -0.25) is 11.3 Å². The van der Waals surface area contributed by atoms with Crippen molar-refractivity contribution in [3.05, 3.63) is 34.6 Å². The molecule has 1 fully saturated rings. The number of nitrogens with one attached hydrogen (secondary N) is 1. The highest BCUT2D eigenvalue weighted by Gasteiger charge is 2.66. The fourth-order valence-electron chi connectivity index (χ4n) is 3.47. The summed E-state index contributed by atoms with van der Waals surface area (Å²) in [5.74, 6) is 5.78. The summed E-state index contributed by atoms with van der Waals surface area (Å²) in [4.78, 5) is 0. The highest BCUT2D eigenvalue weighted by atomic mass is 35.5. The van der Waals surface area contributed by atoms with Gasteiger partial charge >= 0.3 is 0 Å². The van der Waals surface area contributed by atoms with E-state index in [2.05, 4.69) is 33.1 Å². The van der Waals surface area contributed by atoms with E-state index < -0.39 is 0 Å². The lowest BCUT2D eigenvalue weighted by atomic mass is 9.97. The summed E-state index contributed by atoms with van der Waals surface area (Å²) in [5, 5.41) is 0.207. The van der Waals surface area contributed by atoms with E-state index >= 15 is 0 Å². The van der Waals surface area contributed by atoms with Crippen LogP contribution in [0.3, 0.4) is 0 Å². The van der Waals surface area contributed by atoms with Gasteiger partial charge in [0.05, 0.1) is 5.02 Å². The predicted molar refractivity (Wildman–Crippen MR) is 77.3 cm³/mol. The van der Waals surface area contributed by atoms with Crippen molar-refractivity contribution in [3.63, 3.8) is 0 Å². The molecule has 1 aromatic carbocycles. The molecule has 1 saturated carbocycles. The minimum absolute atomic E-state index is 0.101. The average Bonchev–Trinajstić information content (AvgIpc) is 2.73. The zero-order valence-corrected chi connectivity index (χ0v) is 12.7. The Kier molecular flexibility index (Phi) is 3.67. The Labute approximate surface area is 119 Å². The van der Waals surface area contributed by atoms with E-state index in [0.29, 0.717) is 12.3 Å². The van der Waals surface area contributed by atoms with Gasteiger partial charge in [-0.25, -0.2) is 4.39 Å². The summed E-state index contributed by atoms with van der Waals surface area (Å²) >= 11 is 6.02. The van der Waals surface area contributed by atoms with Gasteiger partial charge in [0.25, 0.3) is 0 Å². The summed E-state index contributed by atoms with van der Waals surface area (Å²) in [6.45, 7) is 8.98. The van der Waals surface area contributed by atoms with Crippen LogP contribution >= 0.6 is 11.6 Å². The SMILES string of the molecule is CC1(C)C(C(Cc2cccc(F)c2Cl)NN)C1(C)C. The first kappa shape index (κ1) is 14.8. The predicted octanol–water partition coefficient (Wildman–Crippen LogP) is 3.54. The van der Waals surface area contributed by atoms with Crippen molar-refractivity contribution >= 4 is 11.6 Å². The van der Waals surface area contributed by atoms with Crippen LogP contribution in [0.1, 0.15) is 33.3 Å². The smallest absolute Gasteiger partial charge is 0.142 e. The van der Waals surface area contributed by atoms with Crippen LogP contribution in [-0.4, -0.2) is 6.04 Å². The molecule has 1 aromatic rings. The molecule has 2 nitrogen and oxygen atoms in total. The lowest BCUT2D eigenvalue weighted by molar-refractivity contribution is 0.402. The Morgan fingerprint density at radius 2 is 1.89 bits per heavy atom. The molecule has 0 amide bonds. The molecule has 0 heterocycles. The molecule has 1 aliphatic rings. The molecule has 19 heavy (non-hydrogen) atoms. The zero-order valence-electron chi connectivity index (χ0n) is 11.9. The van der Waals surface area contributed by atoms with Crippen molar-refractivity contribution in [2.24, 2.45) is 22.6 Å². The summed E-state index contributed by atoms with van der Waals surface area (Å²) in [6, 6.07) is 5.02. The number of hydrogen-bond acceptors (Lipinski definition) is 2. The van der Waals surface area contributed by atoms with Crippen LogP contribution in [0.4, 0.5) is 4.39 Å². The molecule has 106 valence electrons. The van der Waals surface area contributed by atoms with Crippen LogP contribution in [-0.2, 0) is 6.42 Å². The Bertz CT molecular complexity index is 471. The number of hydrogen-bond donors (Lipinski definition) is 2. The third-order valence-corrected chi connectivity index (χ3v) is 5.64. The number of rotatable bonds is 4. The number of hydrazine groups is 1. The van der Waals surface area contributed by atoms with Crippen LogP contribution in [0.5, 0.6) is 0 Å². The van der Waals surface area contributed by atoms with Crippen LogP contribution < -0.4 is 11.3 Å². The Morgan fingerprint density at radius 3 is 2.37 bits per heavy atom. The van der Waals surface area contributed by atoms with Crippen molar-refractivity contribution in [3.8, 4) is 0 Å². The van der Waals surface area contributed by atoms with Crippen LogP contribution in [0.25, 0.3) is 0 Å². The summed E-state index contributed by atoms with van der Waals surface area (Å²) in [7, 11) is 0. The Hall–Kier alpha value is -0.640. The average molecular weight is 285 g/mol. The van der Waals surface area contributed by atoms with Gasteiger partial charge in [0, 0.05) is 6.04 Å². The van der Waals surface area contributed by atoms with E-state index in [1.807, 2.05) is 6.07 Å². The van der Waals surface area contributed by atoms with Gasteiger partial charge in [0.1, 0.15) is 5.82 Å². The van der Waals surface area contributed by atoms with Gasteiger partial charge in [-0.15, -0.1) is 0 Å². The third-order valence-electron chi connectivity index (χ3n) is 5.22. The van der Waals surface area contributed by atoms with Crippen LogP contribution in [0.2, 0.25) is 5.02 Å². The Morgan fingerprint density at radius 1 is 1.32 bits per heavy atom. The van der Waals surface area contributed by atoms with E-state index in [4.69, 9.17) is 17.4 Å². The zero-order chi connectivity index (χ0) is 14.4. The van der Waals surface area contributed by atoms with Gasteiger partial charge in [-0.2, -0.15) is 0 Å². The summed E-state index contributed by atoms with van der Waals surface area (Å²) in [6.07, 6.45) is 0.643. The molecule has 0 bridgehead atoms. The van der Waals surface area contributed by atoms with Gasteiger partial charge in [-0.05, 0) is 34.8 Å².